The Balaban J connectivity index is 3.10. The van der Waals surface area contributed by atoms with E-state index in [9.17, 15) is 10.1 Å². The van der Waals surface area contributed by atoms with Gasteiger partial charge in [-0.3, -0.25) is 0 Å². The van der Waals surface area contributed by atoms with Crippen LogP contribution in [0, 0.1) is 10.1 Å². The first-order valence-corrected chi connectivity index (χ1v) is 3.16. The normalized spacial score (nSPS) is 10.0. The predicted octanol–water partition coefficient (Wildman–Crippen LogP) is 0.392. The Kier molecular flexibility index (Phi) is 1.91. The van der Waals surface area contributed by atoms with E-state index >= 15 is 0 Å². The standard InChI is InChI=1S/C6H9N3O2/c1-8-5(4-7)2-3-6(8)9(10)11/h2-3H,4,7H2,1H3. The first kappa shape index (κ1) is 7.74. The van der Waals surface area contributed by atoms with Crippen molar-refractivity contribution in [2.24, 2.45) is 12.8 Å². The summed E-state index contributed by atoms with van der Waals surface area (Å²) in [4.78, 5) is 9.86. The molecule has 1 aromatic rings. The number of aromatic nitrogens is 1. The predicted molar refractivity (Wildman–Crippen MR) is 40.0 cm³/mol. The van der Waals surface area contributed by atoms with Crippen LogP contribution >= 0.6 is 0 Å². The topological polar surface area (TPSA) is 74.1 Å². The van der Waals surface area contributed by atoms with Crippen LogP contribution in [0.15, 0.2) is 12.1 Å². The van der Waals surface area contributed by atoms with E-state index in [4.69, 9.17) is 5.73 Å². The first-order valence-electron chi connectivity index (χ1n) is 3.16. The minimum Gasteiger partial charge on any atom is -0.358 e. The summed E-state index contributed by atoms with van der Waals surface area (Å²) in [5, 5.41) is 10.3. The lowest BCUT2D eigenvalue weighted by Gasteiger charge is -1.96. The minimum absolute atomic E-state index is 0.0745. The van der Waals surface area contributed by atoms with Gasteiger partial charge in [0.05, 0.1) is 13.6 Å². The van der Waals surface area contributed by atoms with E-state index in [0.717, 1.165) is 5.69 Å². The average molecular weight is 155 g/mol. The largest absolute Gasteiger partial charge is 0.358 e. The van der Waals surface area contributed by atoms with Crippen molar-refractivity contribution in [1.29, 1.82) is 0 Å². The van der Waals surface area contributed by atoms with Gasteiger partial charge in [0.25, 0.3) is 0 Å². The molecule has 1 heterocycles. The van der Waals surface area contributed by atoms with Crippen LogP contribution in [0.3, 0.4) is 0 Å². The molecule has 0 saturated carbocycles. The maximum absolute atomic E-state index is 10.3. The molecule has 11 heavy (non-hydrogen) atoms. The highest BCUT2D eigenvalue weighted by atomic mass is 16.6. The molecule has 2 N–H and O–H groups in total. The number of hydrogen-bond donors (Lipinski definition) is 1. The summed E-state index contributed by atoms with van der Waals surface area (Å²) in [6.45, 7) is 0.324. The SMILES string of the molecule is Cn1c(CN)ccc1[N+](=O)[O-]. The van der Waals surface area contributed by atoms with Crippen molar-refractivity contribution in [3.63, 3.8) is 0 Å². The van der Waals surface area contributed by atoms with Gasteiger partial charge in [-0.05, 0) is 11.0 Å². The highest BCUT2D eigenvalue weighted by Crippen LogP contribution is 2.13. The van der Waals surface area contributed by atoms with Crippen molar-refractivity contribution in [1.82, 2.24) is 4.57 Å². The number of hydrogen-bond acceptors (Lipinski definition) is 3. The molecule has 60 valence electrons. The van der Waals surface area contributed by atoms with Crippen LogP contribution in [0.5, 0.6) is 0 Å². The molecular weight excluding hydrogens is 146 g/mol. The van der Waals surface area contributed by atoms with Crippen LogP contribution in [0.2, 0.25) is 0 Å². The second-order valence-electron chi connectivity index (χ2n) is 2.20. The lowest BCUT2D eigenvalue weighted by atomic mass is 10.4. The van der Waals surface area contributed by atoms with Crippen LogP contribution in [0.4, 0.5) is 5.82 Å². The molecule has 0 bridgehead atoms. The molecule has 0 radical (unpaired) electrons. The monoisotopic (exact) mass is 155 g/mol. The molecule has 0 saturated heterocycles. The van der Waals surface area contributed by atoms with Crippen LogP contribution in [0.25, 0.3) is 0 Å². The number of nitrogens with two attached hydrogens (primary N) is 1. The minimum atomic E-state index is -0.431. The molecular formula is C6H9N3O2. The molecule has 5 heteroatoms. The lowest BCUT2D eigenvalue weighted by Crippen LogP contribution is -2.05. The summed E-state index contributed by atoms with van der Waals surface area (Å²) in [5.74, 6) is 0.0745. The summed E-state index contributed by atoms with van der Waals surface area (Å²) in [6, 6.07) is 3.10. The third-order valence-corrected chi connectivity index (χ3v) is 1.60. The molecule has 0 atom stereocenters. The van der Waals surface area contributed by atoms with Gasteiger partial charge in [-0.15, -0.1) is 0 Å². The molecule has 0 aliphatic heterocycles. The fraction of sp³-hybridized carbons (Fsp3) is 0.333. The Labute approximate surface area is 63.6 Å². The molecule has 1 aromatic heterocycles. The van der Waals surface area contributed by atoms with Gasteiger partial charge in [-0.1, -0.05) is 0 Å². The summed E-state index contributed by atoms with van der Waals surface area (Å²) >= 11 is 0. The third-order valence-electron chi connectivity index (χ3n) is 1.60. The van der Waals surface area contributed by atoms with Gasteiger partial charge in [0, 0.05) is 6.07 Å². The van der Waals surface area contributed by atoms with Crippen LogP contribution in [0.1, 0.15) is 5.69 Å². The number of rotatable bonds is 2. The van der Waals surface area contributed by atoms with E-state index < -0.39 is 4.92 Å². The first-order chi connectivity index (χ1) is 5.16. The molecule has 5 nitrogen and oxygen atoms in total. The highest BCUT2D eigenvalue weighted by Gasteiger charge is 2.12. The summed E-state index contributed by atoms with van der Waals surface area (Å²) < 4.78 is 1.47. The second-order valence-corrected chi connectivity index (χ2v) is 2.20. The van der Waals surface area contributed by atoms with Gasteiger partial charge >= 0.3 is 5.82 Å². The zero-order valence-corrected chi connectivity index (χ0v) is 6.15. The fourth-order valence-electron chi connectivity index (χ4n) is 0.930. The van der Waals surface area contributed by atoms with Crippen molar-refractivity contribution in [3.8, 4) is 0 Å². The fourth-order valence-corrected chi connectivity index (χ4v) is 0.930. The van der Waals surface area contributed by atoms with Crippen LogP contribution in [-0.4, -0.2) is 9.49 Å². The van der Waals surface area contributed by atoms with Crippen LogP contribution in [-0.2, 0) is 13.6 Å². The van der Waals surface area contributed by atoms with Gasteiger partial charge in [-0.25, -0.2) is 4.57 Å². The van der Waals surface area contributed by atoms with E-state index in [2.05, 4.69) is 0 Å². The molecule has 0 amide bonds. The summed E-state index contributed by atoms with van der Waals surface area (Å²) in [7, 11) is 1.63. The maximum atomic E-state index is 10.3. The van der Waals surface area contributed by atoms with Gasteiger partial charge in [-0.2, -0.15) is 0 Å². The number of nitro groups is 1. The van der Waals surface area contributed by atoms with Crippen molar-refractivity contribution >= 4 is 5.82 Å². The summed E-state index contributed by atoms with van der Waals surface area (Å²) in [5.41, 5.74) is 6.08. The maximum Gasteiger partial charge on any atom is 0.323 e. The van der Waals surface area contributed by atoms with Crippen molar-refractivity contribution in [2.45, 2.75) is 6.54 Å². The molecule has 1 rings (SSSR count). The van der Waals surface area contributed by atoms with Gasteiger partial charge in [0.1, 0.15) is 5.69 Å². The average Bonchev–Trinajstić information content (AvgIpc) is 2.30. The lowest BCUT2D eigenvalue weighted by molar-refractivity contribution is -0.391. The van der Waals surface area contributed by atoms with Crippen molar-refractivity contribution in [2.75, 3.05) is 0 Å². The quantitative estimate of drug-likeness (QED) is 0.496. The molecule has 0 unspecified atom stereocenters. The van der Waals surface area contributed by atoms with Crippen LogP contribution < -0.4 is 5.73 Å². The van der Waals surface area contributed by atoms with Gasteiger partial charge in [0.15, 0.2) is 0 Å². The van der Waals surface area contributed by atoms with Gasteiger partial charge < -0.3 is 15.8 Å². The Bertz CT molecular complexity index is 279. The Morgan fingerprint density at radius 2 is 2.36 bits per heavy atom. The molecule has 0 fully saturated rings. The number of nitrogens with zero attached hydrogens (tertiary/aromatic N) is 2. The smallest absolute Gasteiger partial charge is 0.323 e. The third kappa shape index (κ3) is 1.22. The summed E-state index contributed by atoms with van der Waals surface area (Å²) in [6.07, 6.45) is 0. The zero-order valence-electron chi connectivity index (χ0n) is 6.15. The van der Waals surface area contributed by atoms with E-state index in [1.807, 2.05) is 0 Å². The van der Waals surface area contributed by atoms with E-state index in [0.29, 0.717) is 6.54 Å². The Hall–Kier alpha value is -1.36. The van der Waals surface area contributed by atoms with E-state index in [1.54, 1.807) is 13.1 Å². The second kappa shape index (κ2) is 2.71. The van der Waals surface area contributed by atoms with Crippen molar-refractivity contribution < 1.29 is 4.92 Å². The van der Waals surface area contributed by atoms with Crippen molar-refractivity contribution in [3.05, 3.63) is 27.9 Å². The molecule has 0 spiro atoms. The molecule has 0 aliphatic rings. The zero-order chi connectivity index (χ0) is 8.43. The molecule has 0 aliphatic carbocycles. The van der Waals surface area contributed by atoms with E-state index in [1.165, 1.54) is 10.6 Å². The van der Waals surface area contributed by atoms with E-state index in [-0.39, 0.29) is 5.82 Å². The van der Waals surface area contributed by atoms with Gasteiger partial charge in [0.2, 0.25) is 0 Å². The Morgan fingerprint density at radius 3 is 2.64 bits per heavy atom. The highest BCUT2D eigenvalue weighted by molar-refractivity contribution is 5.26. The molecule has 0 aromatic carbocycles. The Morgan fingerprint density at radius 1 is 1.73 bits per heavy atom.